The maximum atomic E-state index is 13.6. The predicted molar refractivity (Wildman–Crippen MR) is 138 cm³/mol. The molecule has 2 aromatic heterocycles. The number of carbonyl (C=O) groups excluding carboxylic acids is 1. The molecule has 0 fully saturated rings. The number of nitrogens with one attached hydrogen (secondary N) is 3. The zero-order chi connectivity index (χ0) is 27.1. The van der Waals surface area contributed by atoms with Crippen molar-refractivity contribution in [3.8, 4) is 5.75 Å². The molecule has 3 N–H and O–H groups in total. The summed E-state index contributed by atoms with van der Waals surface area (Å²) < 4.78 is 37.6. The number of aromatic nitrogens is 3. The number of aromatic amines is 2. The number of benzene rings is 2. The SMILES string of the molecule is COCc1[nH]nc(C(=O)NCc2cccc(OC)c2C(F)F)c1Cc1ccc(Cc2ccc[nH]c2=O)cc1. The normalized spacial score (nSPS) is 11.1. The van der Waals surface area contributed by atoms with Gasteiger partial charge >= 0.3 is 0 Å². The van der Waals surface area contributed by atoms with E-state index in [2.05, 4.69) is 20.5 Å². The summed E-state index contributed by atoms with van der Waals surface area (Å²) in [5, 5.41) is 9.75. The van der Waals surface area contributed by atoms with Gasteiger partial charge in [-0.2, -0.15) is 5.10 Å². The molecule has 8 nitrogen and oxygen atoms in total. The molecule has 0 unspecified atom stereocenters. The molecule has 0 radical (unpaired) electrons. The average molecular weight is 523 g/mol. The Morgan fingerprint density at radius 3 is 2.37 bits per heavy atom. The second-order valence-corrected chi connectivity index (χ2v) is 8.67. The molecule has 2 aromatic carbocycles. The van der Waals surface area contributed by atoms with Crippen molar-refractivity contribution >= 4 is 5.91 Å². The Labute approximate surface area is 218 Å². The number of ether oxygens (including phenoxy) is 2. The van der Waals surface area contributed by atoms with E-state index in [4.69, 9.17) is 9.47 Å². The molecule has 0 saturated carbocycles. The van der Waals surface area contributed by atoms with Gasteiger partial charge in [0.2, 0.25) is 0 Å². The number of methoxy groups -OCH3 is 2. The number of hydrogen-bond acceptors (Lipinski definition) is 5. The minimum absolute atomic E-state index is 0.0647. The molecule has 4 rings (SSSR count). The van der Waals surface area contributed by atoms with Crippen LogP contribution in [-0.4, -0.2) is 35.3 Å². The van der Waals surface area contributed by atoms with Crippen LogP contribution >= 0.6 is 0 Å². The van der Waals surface area contributed by atoms with Crippen LogP contribution in [0.3, 0.4) is 0 Å². The van der Waals surface area contributed by atoms with Gasteiger partial charge < -0.3 is 19.8 Å². The molecule has 38 heavy (non-hydrogen) atoms. The molecule has 0 atom stereocenters. The lowest BCUT2D eigenvalue weighted by molar-refractivity contribution is 0.0943. The number of alkyl halides is 2. The maximum absolute atomic E-state index is 13.6. The van der Waals surface area contributed by atoms with Gasteiger partial charge in [-0.25, -0.2) is 8.78 Å². The molecule has 0 saturated heterocycles. The Morgan fingerprint density at radius 2 is 1.71 bits per heavy atom. The minimum Gasteiger partial charge on any atom is -0.496 e. The van der Waals surface area contributed by atoms with Gasteiger partial charge in [0.1, 0.15) is 5.75 Å². The second kappa shape index (κ2) is 12.3. The van der Waals surface area contributed by atoms with Crippen LogP contribution in [0.4, 0.5) is 8.78 Å². The van der Waals surface area contributed by atoms with Crippen LogP contribution in [0.2, 0.25) is 0 Å². The molecule has 0 aliphatic rings. The highest BCUT2D eigenvalue weighted by Crippen LogP contribution is 2.32. The van der Waals surface area contributed by atoms with Gasteiger partial charge in [-0.1, -0.05) is 42.5 Å². The molecule has 2 heterocycles. The average Bonchev–Trinajstić information content (AvgIpc) is 3.31. The topological polar surface area (TPSA) is 109 Å². The monoisotopic (exact) mass is 522 g/mol. The number of H-pyrrole nitrogens is 2. The molecule has 198 valence electrons. The summed E-state index contributed by atoms with van der Waals surface area (Å²) in [4.78, 5) is 27.7. The molecule has 4 aromatic rings. The number of pyridine rings is 1. The van der Waals surface area contributed by atoms with Gasteiger partial charge in [0.15, 0.2) is 5.69 Å². The summed E-state index contributed by atoms with van der Waals surface area (Å²) in [5.41, 5.74) is 3.91. The first-order chi connectivity index (χ1) is 18.4. The third kappa shape index (κ3) is 6.15. The fourth-order valence-electron chi connectivity index (χ4n) is 4.27. The van der Waals surface area contributed by atoms with E-state index in [0.29, 0.717) is 29.7 Å². The third-order valence-electron chi connectivity index (χ3n) is 6.19. The van der Waals surface area contributed by atoms with E-state index in [1.54, 1.807) is 31.5 Å². The third-order valence-corrected chi connectivity index (χ3v) is 6.19. The van der Waals surface area contributed by atoms with Gasteiger partial charge in [-0.15, -0.1) is 0 Å². The molecular formula is C28H28F2N4O4. The summed E-state index contributed by atoms with van der Waals surface area (Å²) >= 11 is 0. The van der Waals surface area contributed by atoms with Crippen molar-refractivity contribution in [2.24, 2.45) is 0 Å². The fourth-order valence-corrected chi connectivity index (χ4v) is 4.27. The molecule has 0 aliphatic heterocycles. The van der Waals surface area contributed by atoms with Crippen molar-refractivity contribution in [1.29, 1.82) is 0 Å². The lowest BCUT2D eigenvalue weighted by Crippen LogP contribution is -2.25. The van der Waals surface area contributed by atoms with Gasteiger partial charge in [0.25, 0.3) is 17.9 Å². The highest BCUT2D eigenvalue weighted by Gasteiger charge is 2.22. The lowest BCUT2D eigenvalue weighted by Gasteiger charge is -2.14. The van der Waals surface area contributed by atoms with Crippen molar-refractivity contribution in [1.82, 2.24) is 20.5 Å². The first-order valence-electron chi connectivity index (χ1n) is 11.9. The fraction of sp³-hybridized carbons (Fsp3) is 0.250. The van der Waals surface area contributed by atoms with Crippen molar-refractivity contribution in [3.05, 3.63) is 116 Å². The van der Waals surface area contributed by atoms with Crippen molar-refractivity contribution in [2.45, 2.75) is 32.4 Å². The Hall–Kier alpha value is -4.31. The predicted octanol–water partition coefficient (Wildman–Crippen LogP) is 4.30. The zero-order valence-electron chi connectivity index (χ0n) is 21.0. The van der Waals surface area contributed by atoms with Gasteiger partial charge in [-0.3, -0.25) is 14.7 Å². The maximum Gasteiger partial charge on any atom is 0.272 e. The van der Waals surface area contributed by atoms with Crippen LogP contribution in [0.25, 0.3) is 0 Å². The Morgan fingerprint density at radius 1 is 1.00 bits per heavy atom. The summed E-state index contributed by atoms with van der Waals surface area (Å²) in [5.74, 6) is -0.434. The zero-order valence-corrected chi connectivity index (χ0v) is 21.0. The van der Waals surface area contributed by atoms with Crippen molar-refractivity contribution in [3.63, 3.8) is 0 Å². The van der Waals surface area contributed by atoms with E-state index >= 15 is 0 Å². The molecule has 10 heteroatoms. The number of rotatable bonds is 11. The standard InChI is InChI=1S/C28H28F2N4O4/c1-37-16-22-21(14-18-10-8-17(9-11-18)13-19-6-4-12-31-27(19)35)25(34-33-22)28(36)32-15-20-5-3-7-23(38-2)24(20)26(29)30/h3-12,26H,13-16H2,1-2H3,(H,31,35)(H,32,36)(H,33,34). The van der Waals surface area contributed by atoms with Gasteiger partial charge in [-0.05, 0) is 28.8 Å². The highest BCUT2D eigenvalue weighted by atomic mass is 19.3. The number of halogens is 2. The van der Waals surface area contributed by atoms with Crippen LogP contribution in [0.15, 0.2) is 65.6 Å². The first kappa shape index (κ1) is 26.7. The van der Waals surface area contributed by atoms with Crippen molar-refractivity contribution in [2.75, 3.05) is 14.2 Å². The van der Waals surface area contributed by atoms with E-state index in [-0.39, 0.29) is 41.3 Å². The summed E-state index contributed by atoms with van der Waals surface area (Å²) in [6, 6.07) is 15.9. The van der Waals surface area contributed by atoms with E-state index in [9.17, 15) is 18.4 Å². The lowest BCUT2D eigenvalue weighted by atomic mass is 9.99. The van der Waals surface area contributed by atoms with Crippen molar-refractivity contribution < 1.29 is 23.0 Å². The van der Waals surface area contributed by atoms with Crippen LogP contribution in [-0.2, 0) is 30.7 Å². The van der Waals surface area contributed by atoms with E-state index < -0.39 is 12.3 Å². The highest BCUT2D eigenvalue weighted by molar-refractivity contribution is 5.94. The van der Waals surface area contributed by atoms with Gasteiger partial charge in [0, 0.05) is 43.8 Å². The summed E-state index contributed by atoms with van der Waals surface area (Å²) in [6.45, 7) is 0.102. The number of hydrogen-bond donors (Lipinski definition) is 3. The summed E-state index contributed by atoms with van der Waals surface area (Å²) in [6.07, 6.45) is -0.267. The van der Waals surface area contributed by atoms with Crippen LogP contribution in [0, 0.1) is 0 Å². The van der Waals surface area contributed by atoms with Crippen LogP contribution in [0.5, 0.6) is 5.75 Å². The van der Waals surface area contributed by atoms with Crippen LogP contribution < -0.4 is 15.6 Å². The van der Waals surface area contributed by atoms with Crippen LogP contribution in [0.1, 0.15) is 56.0 Å². The first-order valence-corrected chi connectivity index (χ1v) is 11.9. The van der Waals surface area contributed by atoms with E-state index in [0.717, 1.165) is 11.1 Å². The Bertz CT molecular complexity index is 1450. The Kier molecular flexibility index (Phi) is 8.65. The summed E-state index contributed by atoms with van der Waals surface area (Å²) in [7, 11) is 2.86. The second-order valence-electron chi connectivity index (χ2n) is 8.67. The number of carbonyl (C=O) groups is 1. The number of amides is 1. The molecule has 0 aliphatic carbocycles. The Balaban J connectivity index is 1.51. The smallest absolute Gasteiger partial charge is 0.272 e. The molecule has 0 spiro atoms. The van der Waals surface area contributed by atoms with E-state index in [1.807, 2.05) is 24.3 Å². The minimum atomic E-state index is -2.75. The quantitative estimate of drug-likeness (QED) is 0.272. The number of nitrogens with zero attached hydrogens (tertiary/aromatic N) is 1. The van der Waals surface area contributed by atoms with E-state index in [1.165, 1.54) is 19.2 Å². The molecular weight excluding hydrogens is 494 g/mol. The van der Waals surface area contributed by atoms with Gasteiger partial charge in [0.05, 0.1) is 25.0 Å². The molecule has 0 bridgehead atoms. The molecule has 1 amide bonds. The largest absolute Gasteiger partial charge is 0.496 e.